The van der Waals surface area contributed by atoms with E-state index in [9.17, 15) is 0 Å². The molecule has 4 heterocycles. The lowest BCUT2D eigenvalue weighted by molar-refractivity contribution is -0.0352. The summed E-state index contributed by atoms with van der Waals surface area (Å²) in [4.78, 5) is 13.8. The molecule has 2 aromatic heterocycles. The van der Waals surface area contributed by atoms with Crippen LogP contribution in [0, 0.1) is 12.3 Å². The van der Waals surface area contributed by atoms with Gasteiger partial charge in [0, 0.05) is 62.0 Å². The molecule has 1 aromatic carbocycles. The van der Waals surface area contributed by atoms with Gasteiger partial charge in [-0.05, 0) is 31.4 Å². The fourth-order valence-electron chi connectivity index (χ4n) is 5.48. The van der Waals surface area contributed by atoms with Crippen LogP contribution in [0.3, 0.4) is 0 Å². The minimum atomic E-state index is 0.254. The number of benzene rings is 1. The number of hydrogen-bond acceptors (Lipinski definition) is 7. The molecule has 33 heavy (non-hydrogen) atoms. The van der Waals surface area contributed by atoms with E-state index < -0.39 is 0 Å². The largest absolute Gasteiger partial charge is 0.490 e. The third-order valence-electron chi connectivity index (χ3n) is 7.10. The average molecular weight is 463 g/mol. The molecule has 170 valence electrons. The molecule has 1 aliphatic carbocycles. The van der Waals surface area contributed by atoms with Crippen LogP contribution in [0.15, 0.2) is 42.6 Å². The van der Waals surface area contributed by atoms with Crippen LogP contribution in [0.2, 0.25) is 5.15 Å². The van der Waals surface area contributed by atoms with E-state index in [-0.39, 0.29) is 6.10 Å². The summed E-state index contributed by atoms with van der Waals surface area (Å²) in [6.07, 6.45) is 5.24. The van der Waals surface area contributed by atoms with Gasteiger partial charge in [-0.15, -0.1) is 10.2 Å². The van der Waals surface area contributed by atoms with Gasteiger partial charge in [-0.2, -0.15) is 0 Å². The molecular formula is C25H27ClN6O. The standard InChI is InChI=1S/C25H27ClN6O/c1-17-28-24(23(26)30-29-17)32-15-25(16-32)11-19(12-25)33-22-7-9-27-21-8-10-31(14-20(21)22)13-18-5-3-2-4-6-18/h2-7,9,19H,8,10-16H2,1H3. The number of pyridine rings is 1. The zero-order valence-electron chi connectivity index (χ0n) is 18.7. The Morgan fingerprint density at radius 1 is 1.12 bits per heavy atom. The van der Waals surface area contributed by atoms with E-state index in [0.717, 1.165) is 63.6 Å². The van der Waals surface area contributed by atoms with Gasteiger partial charge in [-0.1, -0.05) is 41.9 Å². The molecule has 0 radical (unpaired) electrons. The lowest BCUT2D eigenvalue weighted by atomic mass is 9.61. The molecule has 1 saturated heterocycles. The van der Waals surface area contributed by atoms with Gasteiger partial charge in [0.2, 0.25) is 0 Å². The number of aromatic nitrogens is 4. The lowest BCUT2D eigenvalue weighted by Crippen LogP contribution is -2.65. The molecule has 8 heteroatoms. The van der Waals surface area contributed by atoms with E-state index in [1.165, 1.54) is 16.8 Å². The first-order chi connectivity index (χ1) is 16.1. The first-order valence-corrected chi connectivity index (χ1v) is 12.0. The maximum atomic E-state index is 6.51. The summed E-state index contributed by atoms with van der Waals surface area (Å²) in [7, 11) is 0. The van der Waals surface area contributed by atoms with E-state index in [4.69, 9.17) is 16.3 Å². The van der Waals surface area contributed by atoms with Gasteiger partial charge in [-0.25, -0.2) is 4.98 Å². The summed E-state index contributed by atoms with van der Waals surface area (Å²) in [5, 5.41) is 8.30. The van der Waals surface area contributed by atoms with Crippen LogP contribution >= 0.6 is 11.6 Å². The van der Waals surface area contributed by atoms with E-state index in [1.54, 1.807) is 0 Å². The molecule has 6 rings (SSSR count). The molecule has 3 aromatic rings. The molecule has 7 nitrogen and oxygen atoms in total. The van der Waals surface area contributed by atoms with Crippen LogP contribution in [0.4, 0.5) is 5.82 Å². The fraction of sp³-hybridized carbons (Fsp3) is 0.440. The number of hydrogen-bond donors (Lipinski definition) is 0. The van der Waals surface area contributed by atoms with Crippen molar-refractivity contribution in [1.29, 1.82) is 0 Å². The highest BCUT2D eigenvalue weighted by atomic mass is 35.5. The van der Waals surface area contributed by atoms with E-state index in [1.807, 2.05) is 19.2 Å². The van der Waals surface area contributed by atoms with Crippen molar-refractivity contribution in [3.63, 3.8) is 0 Å². The van der Waals surface area contributed by atoms with Crippen molar-refractivity contribution in [3.8, 4) is 5.75 Å². The average Bonchev–Trinajstić information content (AvgIpc) is 2.77. The van der Waals surface area contributed by atoms with Crippen molar-refractivity contribution in [3.05, 3.63) is 70.4 Å². The molecule has 0 bridgehead atoms. The van der Waals surface area contributed by atoms with Crippen molar-refractivity contribution >= 4 is 17.4 Å². The maximum absolute atomic E-state index is 6.51. The van der Waals surface area contributed by atoms with Gasteiger partial charge in [-0.3, -0.25) is 9.88 Å². The maximum Gasteiger partial charge on any atom is 0.194 e. The van der Waals surface area contributed by atoms with Crippen LogP contribution in [-0.2, 0) is 19.5 Å². The number of nitrogens with zero attached hydrogens (tertiary/aromatic N) is 6. The molecule has 2 fully saturated rings. The van der Waals surface area contributed by atoms with E-state index >= 15 is 0 Å². The summed E-state index contributed by atoms with van der Waals surface area (Å²) >= 11 is 6.21. The number of rotatable bonds is 5. The second-order valence-electron chi connectivity index (χ2n) is 9.66. The van der Waals surface area contributed by atoms with Gasteiger partial charge < -0.3 is 9.64 Å². The highest BCUT2D eigenvalue weighted by Gasteiger charge is 2.54. The lowest BCUT2D eigenvalue weighted by Gasteiger charge is -2.58. The normalized spacial score (nSPS) is 19.6. The summed E-state index contributed by atoms with van der Waals surface area (Å²) < 4.78 is 6.51. The molecular weight excluding hydrogens is 436 g/mol. The SMILES string of the molecule is Cc1nnc(Cl)c(N2CC3(CC(Oc4ccnc5c4CN(Cc4ccccc4)CC5)C3)C2)n1. The fourth-order valence-corrected chi connectivity index (χ4v) is 5.68. The summed E-state index contributed by atoms with van der Waals surface area (Å²) in [6.45, 7) is 6.61. The van der Waals surface area contributed by atoms with E-state index in [0.29, 0.717) is 16.4 Å². The molecule has 0 atom stereocenters. The Labute approximate surface area is 198 Å². The molecule has 3 aliphatic rings. The quantitative estimate of drug-likeness (QED) is 0.570. The number of fused-ring (bicyclic) bond motifs is 1. The predicted octanol–water partition coefficient (Wildman–Crippen LogP) is 3.83. The van der Waals surface area contributed by atoms with Gasteiger partial charge in [0.05, 0.1) is 0 Å². The zero-order valence-corrected chi connectivity index (χ0v) is 19.5. The van der Waals surface area contributed by atoms with Crippen molar-refractivity contribution in [2.24, 2.45) is 5.41 Å². The summed E-state index contributed by atoms with van der Waals surface area (Å²) in [5.41, 5.74) is 4.09. The molecule has 2 aliphatic heterocycles. The Kier molecular flexibility index (Phi) is 5.18. The summed E-state index contributed by atoms with van der Waals surface area (Å²) in [5.74, 6) is 2.40. The first kappa shape index (κ1) is 20.8. The number of ether oxygens (including phenoxy) is 1. The second kappa shape index (κ2) is 8.22. The Balaban J connectivity index is 1.08. The molecule has 0 amide bonds. The minimum Gasteiger partial charge on any atom is -0.490 e. The monoisotopic (exact) mass is 462 g/mol. The smallest absolute Gasteiger partial charge is 0.194 e. The Hall–Kier alpha value is -2.77. The van der Waals surface area contributed by atoms with Crippen LogP contribution in [0.1, 0.15) is 35.5 Å². The van der Waals surface area contributed by atoms with E-state index in [2.05, 4.69) is 60.3 Å². The molecule has 0 unspecified atom stereocenters. The highest BCUT2D eigenvalue weighted by molar-refractivity contribution is 6.31. The number of anilines is 1. The van der Waals surface area contributed by atoms with Gasteiger partial charge >= 0.3 is 0 Å². The summed E-state index contributed by atoms with van der Waals surface area (Å²) in [6, 6.07) is 12.7. The van der Waals surface area contributed by atoms with Crippen molar-refractivity contribution in [2.45, 2.75) is 45.4 Å². The second-order valence-corrected chi connectivity index (χ2v) is 10.0. The Morgan fingerprint density at radius 2 is 1.94 bits per heavy atom. The van der Waals surface area contributed by atoms with Gasteiger partial charge in [0.15, 0.2) is 11.0 Å². The van der Waals surface area contributed by atoms with Gasteiger partial charge in [0.25, 0.3) is 0 Å². The van der Waals surface area contributed by atoms with Crippen LogP contribution in [0.25, 0.3) is 0 Å². The van der Waals surface area contributed by atoms with Gasteiger partial charge in [0.1, 0.15) is 17.7 Å². The van der Waals surface area contributed by atoms with Crippen LogP contribution in [0.5, 0.6) is 5.75 Å². The highest BCUT2D eigenvalue weighted by Crippen LogP contribution is 2.51. The topological polar surface area (TPSA) is 67.3 Å². The van der Waals surface area contributed by atoms with Crippen molar-refractivity contribution in [2.75, 3.05) is 24.5 Å². The third kappa shape index (κ3) is 4.04. The number of halogens is 1. The molecule has 0 N–H and O–H groups in total. The Morgan fingerprint density at radius 3 is 2.76 bits per heavy atom. The van der Waals surface area contributed by atoms with Crippen LogP contribution < -0.4 is 9.64 Å². The molecule has 1 saturated carbocycles. The van der Waals surface area contributed by atoms with Crippen LogP contribution in [-0.4, -0.2) is 50.8 Å². The first-order valence-electron chi connectivity index (χ1n) is 11.6. The third-order valence-corrected chi connectivity index (χ3v) is 7.34. The van der Waals surface area contributed by atoms with Crippen molar-refractivity contribution in [1.82, 2.24) is 25.1 Å². The minimum absolute atomic E-state index is 0.254. The molecule has 1 spiro atoms. The number of aryl methyl sites for hydroxylation is 1. The Bertz CT molecular complexity index is 1160. The predicted molar refractivity (Wildman–Crippen MR) is 126 cm³/mol. The zero-order chi connectivity index (χ0) is 22.4. The van der Waals surface area contributed by atoms with Crippen molar-refractivity contribution < 1.29 is 4.74 Å².